The van der Waals surface area contributed by atoms with Crippen molar-refractivity contribution in [1.82, 2.24) is 24.6 Å². The molecule has 10 heteroatoms. The lowest BCUT2D eigenvalue weighted by atomic mass is 10.1. The lowest BCUT2D eigenvalue weighted by molar-refractivity contribution is -0.133. The maximum atomic E-state index is 14.1. The first-order valence-corrected chi connectivity index (χ1v) is 10.5. The lowest BCUT2D eigenvalue weighted by Gasteiger charge is -2.31. The average Bonchev–Trinajstić information content (AvgIpc) is 3.50. The minimum absolute atomic E-state index is 0.0269. The largest absolute Gasteiger partial charge is 0.493 e. The van der Waals surface area contributed by atoms with Crippen molar-refractivity contribution in [3.63, 3.8) is 0 Å². The first-order chi connectivity index (χ1) is 15.1. The molecule has 3 aromatic rings. The van der Waals surface area contributed by atoms with Crippen LogP contribution in [0, 0.1) is 5.82 Å². The third-order valence-corrected chi connectivity index (χ3v) is 6.43. The van der Waals surface area contributed by atoms with Gasteiger partial charge in [0.1, 0.15) is 35.3 Å². The van der Waals surface area contributed by atoms with Gasteiger partial charge in [0, 0.05) is 19.2 Å². The van der Waals surface area contributed by atoms with Gasteiger partial charge in [-0.15, -0.1) is 0 Å². The van der Waals surface area contributed by atoms with Crippen molar-refractivity contribution >= 4 is 22.9 Å². The number of ether oxygens (including phenoxy) is 1. The Bertz CT molecular complexity index is 1200. The van der Waals surface area contributed by atoms with Gasteiger partial charge >= 0.3 is 0 Å². The van der Waals surface area contributed by atoms with Crippen molar-refractivity contribution in [2.24, 2.45) is 0 Å². The van der Waals surface area contributed by atoms with E-state index in [2.05, 4.69) is 15.1 Å². The molecule has 1 N–H and O–H groups in total. The Morgan fingerprint density at radius 1 is 1.13 bits per heavy atom. The Morgan fingerprint density at radius 3 is 2.87 bits per heavy atom. The van der Waals surface area contributed by atoms with Gasteiger partial charge in [0.25, 0.3) is 0 Å². The second-order valence-electron chi connectivity index (χ2n) is 8.24. The van der Waals surface area contributed by atoms with Crippen LogP contribution < -0.4 is 9.64 Å². The zero-order valence-electron chi connectivity index (χ0n) is 16.7. The predicted octanol–water partition coefficient (Wildman–Crippen LogP) is 2.01. The molecule has 0 saturated carbocycles. The molecule has 0 aliphatic carbocycles. The number of rotatable bonds is 0. The summed E-state index contributed by atoms with van der Waals surface area (Å²) in [4.78, 5) is 26.1. The van der Waals surface area contributed by atoms with E-state index >= 15 is 0 Å². The first-order valence-electron chi connectivity index (χ1n) is 10.5. The van der Waals surface area contributed by atoms with Crippen LogP contribution in [0.2, 0.25) is 0 Å². The minimum Gasteiger partial charge on any atom is -0.493 e. The maximum absolute atomic E-state index is 14.1. The summed E-state index contributed by atoms with van der Waals surface area (Å²) in [7, 11) is 0. The van der Waals surface area contributed by atoms with Crippen molar-refractivity contribution in [1.29, 1.82) is 0 Å². The molecule has 160 valence electrons. The number of amides is 1. The van der Waals surface area contributed by atoms with Crippen LogP contribution in [-0.4, -0.2) is 67.4 Å². The van der Waals surface area contributed by atoms with E-state index in [9.17, 15) is 14.3 Å². The van der Waals surface area contributed by atoms with E-state index in [-0.39, 0.29) is 30.5 Å². The lowest BCUT2D eigenvalue weighted by Crippen LogP contribution is -2.49. The van der Waals surface area contributed by atoms with Crippen LogP contribution in [0.25, 0.3) is 16.7 Å². The molecule has 2 aromatic heterocycles. The van der Waals surface area contributed by atoms with Crippen LogP contribution in [0.15, 0.2) is 24.4 Å². The van der Waals surface area contributed by atoms with Gasteiger partial charge in [-0.1, -0.05) is 0 Å². The van der Waals surface area contributed by atoms with Gasteiger partial charge in [0.15, 0.2) is 5.65 Å². The van der Waals surface area contributed by atoms with Crippen LogP contribution in [0.4, 0.5) is 10.3 Å². The molecule has 2 atom stereocenters. The quantitative estimate of drug-likeness (QED) is 0.590. The third-order valence-electron chi connectivity index (χ3n) is 6.43. The Labute approximate surface area is 177 Å². The molecule has 3 aliphatic heterocycles. The van der Waals surface area contributed by atoms with Crippen LogP contribution in [0.5, 0.6) is 11.6 Å². The van der Waals surface area contributed by atoms with Crippen molar-refractivity contribution in [3.05, 3.63) is 30.2 Å². The Balaban J connectivity index is 1.58. The average molecular weight is 424 g/mol. The summed E-state index contributed by atoms with van der Waals surface area (Å²) in [6, 6.07) is 3.75. The Hall–Kier alpha value is -3.43. The van der Waals surface area contributed by atoms with E-state index in [1.807, 2.05) is 9.80 Å². The summed E-state index contributed by atoms with van der Waals surface area (Å²) >= 11 is 0. The fourth-order valence-electron chi connectivity index (χ4n) is 4.90. The maximum Gasteiger partial charge on any atom is 0.245 e. The molecule has 1 unspecified atom stereocenters. The van der Waals surface area contributed by atoms with Crippen molar-refractivity contribution in [2.75, 3.05) is 24.6 Å². The van der Waals surface area contributed by atoms with Gasteiger partial charge in [-0.3, -0.25) is 4.79 Å². The number of carbonyl (C=O) groups is 1. The molecule has 0 radical (unpaired) electrons. The minimum atomic E-state index is -0.433. The van der Waals surface area contributed by atoms with Gasteiger partial charge in [0.2, 0.25) is 17.7 Å². The fourth-order valence-corrected chi connectivity index (χ4v) is 4.90. The fraction of sp³-hybridized carbons (Fsp3) is 0.429. The smallest absolute Gasteiger partial charge is 0.245 e. The molecule has 2 fully saturated rings. The van der Waals surface area contributed by atoms with Gasteiger partial charge in [0.05, 0.1) is 12.2 Å². The zero-order chi connectivity index (χ0) is 21.1. The highest BCUT2D eigenvalue weighted by Crippen LogP contribution is 2.34. The summed E-state index contributed by atoms with van der Waals surface area (Å²) in [5.41, 5.74) is 0.880. The molecule has 2 saturated heterocycles. The molecule has 1 aromatic carbocycles. The number of halogens is 1. The SMILES string of the molecule is O=C1[C@@H]2CCCN2c2nc(O)c3cnn(c3n2)-c2ccc(F)cc2OCC2CCCN12. The molecule has 2 bridgehead atoms. The number of nitrogens with zero attached hydrogens (tertiary/aromatic N) is 6. The van der Waals surface area contributed by atoms with E-state index in [0.29, 0.717) is 47.9 Å². The van der Waals surface area contributed by atoms with E-state index in [1.54, 1.807) is 6.07 Å². The number of aromatic nitrogens is 4. The summed E-state index contributed by atoms with van der Waals surface area (Å²) in [6.07, 6.45) is 4.75. The monoisotopic (exact) mass is 424 g/mol. The highest BCUT2D eigenvalue weighted by atomic mass is 19.1. The molecule has 5 heterocycles. The second kappa shape index (κ2) is 6.79. The van der Waals surface area contributed by atoms with Gasteiger partial charge in [-0.05, 0) is 37.8 Å². The van der Waals surface area contributed by atoms with Gasteiger partial charge in [-0.2, -0.15) is 15.1 Å². The molecule has 31 heavy (non-hydrogen) atoms. The molecule has 9 nitrogen and oxygen atoms in total. The number of hydrogen-bond acceptors (Lipinski definition) is 7. The summed E-state index contributed by atoms with van der Waals surface area (Å²) in [6.45, 7) is 1.57. The van der Waals surface area contributed by atoms with Crippen LogP contribution in [0.3, 0.4) is 0 Å². The molecule has 0 spiro atoms. The number of hydrogen-bond donors (Lipinski definition) is 1. The summed E-state index contributed by atoms with van der Waals surface area (Å²) in [5.74, 6) is -0.00887. The van der Waals surface area contributed by atoms with Crippen molar-refractivity contribution in [2.45, 2.75) is 37.8 Å². The van der Waals surface area contributed by atoms with E-state index in [0.717, 1.165) is 19.3 Å². The van der Waals surface area contributed by atoms with Crippen LogP contribution in [0.1, 0.15) is 25.7 Å². The summed E-state index contributed by atoms with van der Waals surface area (Å²) in [5, 5.41) is 15.3. The second-order valence-corrected chi connectivity index (χ2v) is 8.24. The van der Waals surface area contributed by atoms with Crippen molar-refractivity contribution < 1.29 is 19.0 Å². The number of carbonyl (C=O) groups excluding carboxylic acids is 1. The number of fused-ring (bicyclic) bond motifs is 6. The van der Waals surface area contributed by atoms with E-state index in [4.69, 9.17) is 4.74 Å². The molecule has 6 rings (SSSR count). The van der Waals surface area contributed by atoms with Gasteiger partial charge in [-0.25, -0.2) is 9.07 Å². The predicted molar refractivity (Wildman–Crippen MR) is 109 cm³/mol. The van der Waals surface area contributed by atoms with Gasteiger partial charge < -0.3 is 19.6 Å². The third kappa shape index (κ3) is 2.81. The molecular weight excluding hydrogens is 403 g/mol. The highest BCUT2D eigenvalue weighted by Gasteiger charge is 2.40. The topological polar surface area (TPSA) is 96.6 Å². The summed E-state index contributed by atoms with van der Waals surface area (Å²) < 4.78 is 21.6. The number of anilines is 1. The molecular formula is C21H21FN6O3. The molecule has 3 aliphatic rings. The number of benzene rings is 1. The zero-order valence-corrected chi connectivity index (χ0v) is 16.7. The highest BCUT2D eigenvalue weighted by molar-refractivity contribution is 5.87. The normalized spacial score (nSPS) is 23.1. The van der Waals surface area contributed by atoms with Crippen LogP contribution in [-0.2, 0) is 4.79 Å². The number of aromatic hydroxyl groups is 1. The van der Waals surface area contributed by atoms with E-state index in [1.165, 1.54) is 23.0 Å². The first kappa shape index (κ1) is 18.3. The van der Waals surface area contributed by atoms with E-state index < -0.39 is 5.82 Å². The van der Waals surface area contributed by atoms with Crippen LogP contribution >= 0.6 is 0 Å². The Kier molecular flexibility index (Phi) is 4.02. The standard InChI is InChI=1S/C21H21FN6O3/c22-12-5-6-15-17(9-12)31-11-13-3-1-7-26(13)20(30)16-4-2-8-27(16)21-24-18-14(19(29)25-21)10-23-28(15)18/h5-6,9-10,13,16H,1-4,7-8,11H2,(H,24,25,29)/t13?,16-/m0/s1. The van der Waals surface area contributed by atoms with Crippen molar-refractivity contribution in [3.8, 4) is 17.3 Å². The Morgan fingerprint density at radius 2 is 1.97 bits per heavy atom. The molecule has 1 amide bonds.